The molecule has 24 heavy (non-hydrogen) atoms. The molecule has 1 saturated heterocycles. The molecular weight excluding hydrogens is 344 g/mol. The number of amides is 1. The molecule has 1 atom stereocenters. The monoisotopic (exact) mass is 356 g/mol. The summed E-state index contributed by atoms with van der Waals surface area (Å²) in [5.74, 6) is -1.53. The molecule has 3 rings (SSSR count). The summed E-state index contributed by atoms with van der Waals surface area (Å²) in [5.41, 5.74) is 1.31. The average molecular weight is 356 g/mol. The summed E-state index contributed by atoms with van der Waals surface area (Å²) < 4.78 is 0.233. The third-order valence-electron chi connectivity index (χ3n) is 3.43. The highest BCUT2D eigenvalue weighted by molar-refractivity contribution is 8.26. The molecule has 7 heteroatoms. The van der Waals surface area contributed by atoms with Gasteiger partial charge in [-0.05, 0) is 29.3 Å². The molecule has 2 heterocycles. The Hall–Kier alpha value is -2.51. The fraction of sp³-hybridized carbons (Fsp3) is 0.0588. The Bertz CT molecular complexity index is 822. The summed E-state index contributed by atoms with van der Waals surface area (Å²) in [7, 11) is 0. The molecule has 1 aromatic heterocycles. The number of carbonyl (C=O) groups is 2. The topological polar surface area (TPSA) is 70.5 Å². The van der Waals surface area contributed by atoms with Gasteiger partial charge in [-0.2, -0.15) is 0 Å². The van der Waals surface area contributed by atoms with Gasteiger partial charge in [-0.1, -0.05) is 54.3 Å². The van der Waals surface area contributed by atoms with Crippen molar-refractivity contribution in [2.24, 2.45) is 0 Å². The Morgan fingerprint density at radius 2 is 1.88 bits per heavy atom. The summed E-state index contributed by atoms with van der Waals surface area (Å²) in [4.78, 5) is 29.9. The molecule has 0 saturated carbocycles. The lowest BCUT2D eigenvalue weighted by atomic mass is 10.1. The number of thiocarbonyl (C=S) groups is 1. The molecule has 120 valence electrons. The molecule has 0 aliphatic carbocycles. The minimum Gasteiger partial charge on any atom is -0.479 e. The van der Waals surface area contributed by atoms with Crippen molar-refractivity contribution < 1.29 is 14.7 Å². The number of carboxylic acid groups (broad SMARTS) is 1. The lowest BCUT2D eigenvalue weighted by Gasteiger charge is -2.23. The first-order valence-electron chi connectivity index (χ1n) is 7.03. The number of pyridine rings is 1. The van der Waals surface area contributed by atoms with Crippen LogP contribution in [0.25, 0.3) is 6.08 Å². The van der Waals surface area contributed by atoms with Crippen LogP contribution >= 0.6 is 24.0 Å². The van der Waals surface area contributed by atoms with Gasteiger partial charge in [-0.15, -0.1) is 0 Å². The van der Waals surface area contributed by atoms with E-state index in [9.17, 15) is 14.7 Å². The summed E-state index contributed by atoms with van der Waals surface area (Å²) in [6, 6.07) is 11.0. The van der Waals surface area contributed by atoms with E-state index in [4.69, 9.17) is 12.2 Å². The van der Waals surface area contributed by atoms with Crippen LogP contribution in [0.1, 0.15) is 17.2 Å². The number of carbonyl (C=O) groups excluding carboxylic acids is 1. The minimum atomic E-state index is -1.14. The standard InChI is InChI=1S/C17H12N2O3S2/c20-15-13(10-11-6-8-18-9-7-11)24-17(23)19(15)14(16(21)22)12-4-2-1-3-5-12/h1-10,14H,(H,21,22)/b13-10+/t14-/m0/s1. The molecule has 5 nitrogen and oxygen atoms in total. The number of thioether (sulfide) groups is 1. The Balaban J connectivity index is 1.96. The van der Waals surface area contributed by atoms with E-state index in [1.54, 1.807) is 60.9 Å². The average Bonchev–Trinajstić information content (AvgIpc) is 2.85. The molecule has 2 aromatic rings. The smallest absolute Gasteiger partial charge is 0.331 e. The Labute approximate surface area is 148 Å². The molecular formula is C17H12N2O3S2. The van der Waals surface area contributed by atoms with Gasteiger partial charge in [0.1, 0.15) is 4.32 Å². The van der Waals surface area contributed by atoms with Crippen LogP contribution in [0.15, 0.2) is 59.8 Å². The number of aromatic nitrogens is 1. The van der Waals surface area contributed by atoms with Crippen molar-refractivity contribution in [2.45, 2.75) is 6.04 Å². The van der Waals surface area contributed by atoms with E-state index in [1.165, 1.54) is 0 Å². The fourth-order valence-electron chi connectivity index (χ4n) is 2.35. The summed E-state index contributed by atoms with van der Waals surface area (Å²) in [6.45, 7) is 0. The number of benzene rings is 1. The fourth-order valence-corrected chi connectivity index (χ4v) is 3.66. The molecule has 0 unspecified atom stereocenters. The molecule has 0 bridgehead atoms. The van der Waals surface area contributed by atoms with Crippen LogP contribution in [-0.4, -0.2) is 31.2 Å². The normalized spacial score (nSPS) is 17.3. The van der Waals surface area contributed by atoms with E-state index in [0.29, 0.717) is 10.5 Å². The maximum absolute atomic E-state index is 12.7. The zero-order chi connectivity index (χ0) is 17.1. The molecule has 1 N–H and O–H groups in total. The van der Waals surface area contributed by atoms with E-state index in [2.05, 4.69) is 4.98 Å². The van der Waals surface area contributed by atoms with E-state index >= 15 is 0 Å². The van der Waals surface area contributed by atoms with E-state index in [0.717, 1.165) is 22.2 Å². The third-order valence-corrected chi connectivity index (χ3v) is 4.77. The number of aliphatic carboxylic acids is 1. The quantitative estimate of drug-likeness (QED) is 0.670. The van der Waals surface area contributed by atoms with Crippen molar-refractivity contribution in [1.82, 2.24) is 9.88 Å². The zero-order valence-corrected chi connectivity index (χ0v) is 14.0. The lowest BCUT2D eigenvalue weighted by Crippen LogP contribution is -2.37. The molecule has 1 aliphatic heterocycles. The maximum atomic E-state index is 12.7. The number of hydrogen-bond acceptors (Lipinski definition) is 5. The third kappa shape index (κ3) is 3.22. The van der Waals surface area contributed by atoms with Gasteiger partial charge in [0.25, 0.3) is 5.91 Å². The van der Waals surface area contributed by atoms with E-state index < -0.39 is 17.9 Å². The van der Waals surface area contributed by atoms with Crippen LogP contribution in [0.2, 0.25) is 0 Å². The molecule has 1 fully saturated rings. The van der Waals surface area contributed by atoms with Crippen LogP contribution in [0.3, 0.4) is 0 Å². The number of nitrogens with zero attached hydrogens (tertiary/aromatic N) is 2. The van der Waals surface area contributed by atoms with Gasteiger partial charge >= 0.3 is 5.97 Å². The first kappa shape index (κ1) is 16.4. The highest BCUT2D eigenvalue weighted by Crippen LogP contribution is 2.38. The molecule has 0 spiro atoms. The summed E-state index contributed by atoms with van der Waals surface area (Å²) in [6.07, 6.45) is 4.93. The maximum Gasteiger partial charge on any atom is 0.331 e. The highest BCUT2D eigenvalue weighted by atomic mass is 32.2. The van der Waals surface area contributed by atoms with Crippen molar-refractivity contribution >= 4 is 46.3 Å². The first-order chi connectivity index (χ1) is 11.6. The van der Waals surface area contributed by atoms with E-state index in [-0.39, 0.29) is 4.32 Å². The van der Waals surface area contributed by atoms with Gasteiger partial charge in [0.15, 0.2) is 6.04 Å². The van der Waals surface area contributed by atoms with Crippen molar-refractivity contribution in [1.29, 1.82) is 0 Å². The second-order valence-electron chi connectivity index (χ2n) is 4.98. The Morgan fingerprint density at radius 1 is 1.21 bits per heavy atom. The van der Waals surface area contributed by atoms with Crippen molar-refractivity contribution in [3.63, 3.8) is 0 Å². The van der Waals surface area contributed by atoms with Gasteiger partial charge in [0, 0.05) is 12.4 Å². The van der Waals surface area contributed by atoms with Crippen LogP contribution in [0, 0.1) is 0 Å². The van der Waals surface area contributed by atoms with Crippen LogP contribution in [0.5, 0.6) is 0 Å². The minimum absolute atomic E-state index is 0.233. The predicted molar refractivity (Wildman–Crippen MR) is 96.1 cm³/mol. The second kappa shape index (κ2) is 6.94. The summed E-state index contributed by atoms with van der Waals surface area (Å²) >= 11 is 6.36. The van der Waals surface area contributed by atoms with Crippen molar-refractivity contribution in [2.75, 3.05) is 0 Å². The number of rotatable bonds is 4. The largest absolute Gasteiger partial charge is 0.479 e. The molecule has 1 aromatic carbocycles. The van der Waals surface area contributed by atoms with Crippen LogP contribution in [0.4, 0.5) is 0 Å². The van der Waals surface area contributed by atoms with Gasteiger partial charge in [-0.3, -0.25) is 14.7 Å². The lowest BCUT2D eigenvalue weighted by molar-refractivity contribution is -0.145. The van der Waals surface area contributed by atoms with Crippen molar-refractivity contribution in [3.05, 3.63) is 70.9 Å². The van der Waals surface area contributed by atoms with Crippen molar-refractivity contribution in [3.8, 4) is 0 Å². The Kier molecular flexibility index (Phi) is 4.73. The van der Waals surface area contributed by atoms with Gasteiger partial charge in [0.05, 0.1) is 4.91 Å². The molecule has 1 aliphatic rings. The number of hydrogen-bond donors (Lipinski definition) is 1. The molecule has 0 radical (unpaired) electrons. The van der Waals surface area contributed by atoms with E-state index in [1.807, 2.05) is 0 Å². The van der Waals surface area contributed by atoms with Gasteiger partial charge in [0.2, 0.25) is 0 Å². The second-order valence-corrected chi connectivity index (χ2v) is 6.66. The SMILES string of the molecule is O=C(O)[C@H](c1ccccc1)N1C(=O)/C(=C\c2ccncc2)SC1=S. The highest BCUT2D eigenvalue weighted by Gasteiger charge is 2.41. The predicted octanol–water partition coefficient (Wildman–Crippen LogP) is 3.11. The first-order valence-corrected chi connectivity index (χ1v) is 8.25. The van der Waals surface area contributed by atoms with Crippen LogP contribution < -0.4 is 0 Å². The van der Waals surface area contributed by atoms with Gasteiger partial charge < -0.3 is 5.11 Å². The van der Waals surface area contributed by atoms with Gasteiger partial charge in [-0.25, -0.2) is 4.79 Å². The Morgan fingerprint density at radius 3 is 2.50 bits per heavy atom. The molecule has 1 amide bonds. The zero-order valence-electron chi connectivity index (χ0n) is 12.3. The van der Waals surface area contributed by atoms with Crippen LogP contribution in [-0.2, 0) is 9.59 Å². The number of carboxylic acids is 1. The summed E-state index contributed by atoms with van der Waals surface area (Å²) in [5, 5.41) is 9.61.